The highest BCUT2D eigenvalue weighted by Crippen LogP contribution is 2.26. The van der Waals surface area contributed by atoms with E-state index in [2.05, 4.69) is 5.32 Å². The maximum Gasteiger partial charge on any atom is 0.224 e. The van der Waals surface area contributed by atoms with Crippen molar-refractivity contribution in [2.24, 2.45) is 0 Å². The zero-order valence-electron chi connectivity index (χ0n) is 11.9. The minimum Gasteiger partial charge on any atom is -0.493 e. The summed E-state index contributed by atoms with van der Waals surface area (Å²) in [6.45, 7) is 1.11. The van der Waals surface area contributed by atoms with Crippen molar-refractivity contribution in [3.05, 3.63) is 63.1 Å². The Kier molecular flexibility index (Phi) is 4.55. The molecule has 0 aromatic heterocycles. The van der Waals surface area contributed by atoms with Crippen LogP contribution in [0.3, 0.4) is 0 Å². The number of ether oxygens (including phenoxy) is 1. The van der Waals surface area contributed by atoms with Crippen molar-refractivity contribution in [1.29, 1.82) is 0 Å². The van der Waals surface area contributed by atoms with E-state index in [1.165, 1.54) is 5.56 Å². The lowest BCUT2D eigenvalue weighted by molar-refractivity contribution is -0.120. The summed E-state index contributed by atoms with van der Waals surface area (Å²) in [4.78, 5) is 12.1. The van der Waals surface area contributed by atoms with Gasteiger partial charge in [-0.3, -0.25) is 4.79 Å². The van der Waals surface area contributed by atoms with Gasteiger partial charge in [-0.05, 0) is 34.9 Å². The van der Waals surface area contributed by atoms with Crippen molar-refractivity contribution in [3.8, 4) is 5.75 Å². The van der Waals surface area contributed by atoms with Gasteiger partial charge in [-0.25, -0.2) is 0 Å². The Morgan fingerprint density at radius 3 is 2.86 bits per heavy atom. The average Bonchev–Trinajstić information content (AvgIpc) is 2.94. The molecule has 22 heavy (non-hydrogen) atoms. The number of carbonyl (C=O) groups is 1. The first kappa shape index (κ1) is 15.2. The zero-order chi connectivity index (χ0) is 15.5. The number of rotatable bonds is 4. The fourth-order valence-corrected chi connectivity index (χ4v) is 2.93. The second kappa shape index (κ2) is 6.59. The molecular formula is C17H15Cl2NO2. The summed E-state index contributed by atoms with van der Waals surface area (Å²) < 4.78 is 5.46. The molecule has 1 amide bonds. The third-order valence-corrected chi connectivity index (χ3v) is 4.20. The van der Waals surface area contributed by atoms with Gasteiger partial charge in [0, 0.05) is 23.0 Å². The van der Waals surface area contributed by atoms with Crippen molar-refractivity contribution in [2.75, 3.05) is 6.61 Å². The van der Waals surface area contributed by atoms with Crippen LogP contribution in [0.5, 0.6) is 5.75 Å². The monoisotopic (exact) mass is 335 g/mol. The first-order chi connectivity index (χ1) is 10.6. The van der Waals surface area contributed by atoms with E-state index in [1.54, 1.807) is 12.1 Å². The molecule has 3 nitrogen and oxygen atoms in total. The molecule has 1 heterocycles. The van der Waals surface area contributed by atoms with Crippen LogP contribution < -0.4 is 10.1 Å². The average molecular weight is 336 g/mol. The van der Waals surface area contributed by atoms with E-state index < -0.39 is 0 Å². The summed E-state index contributed by atoms with van der Waals surface area (Å²) in [5.41, 5.74) is 3.01. The highest BCUT2D eigenvalue weighted by atomic mass is 35.5. The van der Waals surface area contributed by atoms with Crippen LogP contribution in [0.15, 0.2) is 36.4 Å². The standard InChI is InChI=1S/C17H15Cl2NO2/c18-14-3-2-13(15(19)9-14)10-20-17(21)8-11-1-4-16-12(7-11)5-6-22-16/h1-4,7,9H,5-6,8,10H2,(H,20,21). The van der Waals surface area contributed by atoms with E-state index >= 15 is 0 Å². The number of benzene rings is 2. The van der Waals surface area contributed by atoms with Gasteiger partial charge in [0.2, 0.25) is 5.91 Å². The zero-order valence-corrected chi connectivity index (χ0v) is 13.4. The van der Waals surface area contributed by atoms with Crippen LogP contribution in [0.25, 0.3) is 0 Å². The summed E-state index contributed by atoms with van der Waals surface area (Å²) >= 11 is 11.9. The number of carbonyl (C=O) groups excluding carboxylic acids is 1. The summed E-state index contributed by atoms with van der Waals surface area (Å²) in [6.07, 6.45) is 1.25. The van der Waals surface area contributed by atoms with Crippen molar-refractivity contribution < 1.29 is 9.53 Å². The van der Waals surface area contributed by atoms with Gasteiger partial charge in [-0.2, -0.15) is 0 Å². The van der Waals surface area contributed by atoms with Crippen LogP contribution in [0.4, 0.5) is 0 Å². The summed E-state index contributed by atoms with van der Waals surface area (Å²) in [7, 11) is 0. The Hall–Kier alpha value is -1.71. The lowest BCUT2D eigenvalue weighted by Gasteiger charge is -2.08. The van der Waals surface area contributed by atoms with Gasteiger partial charge >= 0.3 is 0 Å². The normalized spacial score (nSPS) is 12.6. The number of hydrogen-bond acceptors (Lipinski definition) is 2. The predicted molar refractivity (Wildman–Crippen MR) is 87.7 cm³/mol. The highest BCUT2D eigenvalue weighted by molar-refractivity contribution is 6.35. The van der Waals surface area contributed by atoms with E-state index in [4.69, 9.17) is 27.9 Å². The molecule has 1 aliphatic rings. The number of halogens is 2. The molecular weight excluding hydrogens is 321 g/mol. The third-order valence-electron chi connectivity index (χ3n) is 3.61. The van der Waals surface area contributed by atoms with E-state index in [9.17, 15) is 4.79 Å². The molecule has 0 spiro atoms. The summed E-state index contributed by atoms with van der Waals surface area (Å²) in [6, 6.07) is 11.1. The Balaban J connectivity index is 1.58. The molecule has 0 saturated carbocycles. The van der Waals surface area contributed by atoms with Gasteiger partial charge in [0.05, 0.1) is 13.0 Å². The van der Waals surface area contributed by atoms with Gasteiger partial charge in [0.1, 0.15) is 5.75 Å². The van der Waals surface area contributed by atoms with Crippen LogP contribution in [-0.2, 0) is 24.2 Å². The van der Waals surface area contributed by atoms with Gasteiger partial charge in [0.15, 0.2) is 0 Å². The number of hydrogen-bond donors (Lipinski definition) is 1. The minimum absolute atomic E-state index is 0.0371. The van der Waals surface area contributed by atoms with E-state index in [-0.39, 0.29) is 5.91 Å². The SMILES string of the molecule is O=C(Cc1ccc2c(c1)CCO2)NCc1ccc(Cl)cc1Cl. The van der Waals surface area contributed by atoms with Crippen LogP contribution >= 0.6 is 23.2 Å². The fourth-order valence-electron chi connectivity index (χ4n) is 2.46. The topological polar surface area (TPSA) is 38.3 Å². The van der Waals surface area contributed by atoms with Crippen LogP contribution in [-0.4, -0.2) is 12.5 Å². The second-order valence-corrected chi connectivity index (χ2v) is 6.07. The Bertz CT molecular complexity index is 716. The molecule has 114 valence electrons. The quantitative estimate of drug-likeness (QED) is 0.923. The molecule has 1 aliphatic heterocycles. The maximum atomic E-state index is 12.1. The fraction of sp³-hybridized carbons (Fsp3) is 0.235. The Labute approximate surface area is 139 Å². The van der Waals surface area contributed by atoms with Gasteiger partial charge in [-0.1, -0.05) is 41.4 Å². The van der Waals surface area contributed by atoms with Gasteiger partial charge in [0.25, 0.3) is 0 Å². The van der Waals surface area contributed by atoms with E-state index in [1.807, 2.05) is 24.3 Å². The molecule has 2 aromatic carbocycles. The molecule has 0 saturated heterocycles. The maximum absolute atomic E-state index is 12.1. The van der Waals surface area contributed by atoms with Crippen molar-refractivity contribution >= 4 is 29.1 Å². The molecule has 5 heteroatoms. The van der Waals surface area contributed by atoms with Crippen LogP contribution in [0, 0.1) is 0 Å². The molecule has 0 unspecified atom stereocenters. The molecule has 0 bridgehead atoms. The largest absolute Gasteiger partial charge is 0.493 e. The van der Waals surface area contributed by atoms with Crippen molar-refractivity contribution in [3.63, 3.8) is 0 Å². The molecule has 3 rings (SSSR count). The van der Waals surface area contributed by atoms with Gasteiger partial charge in [-0.15, -0.1) is 0 Å². The van der Waals surface area contributed by atoms with Crippen molar-refractivity contribution in [1.82, 2.24) is 5.32 Å². The molecule has 0 radical (unpaired) electrons. The lowest BCUT2D eigenvalue weighted by Crippen LogP contribution is -2.24. The van der Waals surface area contributed by atoms with Gasteiger partial charge < -0.3 is 10.1 Å². The van der Waals surface area contributed by atoms with E-state index in [0.717, 1.165) is 29.9 Å². The highest BCUT2D eigenvalue weighted by Gasteiger charge is 2.13. The lowest BCUT2D eigenvalue weighted by atomic mass is 10.1. The number of nitrogens with one attached hydrogen (secondary N) is 1. The summed E-state index contributed by atoms with van der Waals surface area (Å²) in [5, 5.41) is 4.02. The second-order valence-electron chi connectivity index (χ2n) is 5.23. The summed E-state index contributed by atoms with van der Waals surface area (Å²) in [5.74, 6) is 0.891. The van der Waals surface area contributed by atoms with Crippen LogP contribution in [0.2, 0.25) is 10.0 Å². The third kappa shape index (κ3) is 3.54. The van der Waals surface area contributed by atoms with Crippen LogP contribution in [0.1, 0.15) is 16.7 Å². The Morgan fingerprint density at radius 1 is 1.18 bits per heavy atom. The smallest absolute Gasteiger partial charge is 0.224 e. The molecule has 1 N–H and O–H groups in total. The molecule has 0 atom stereocenters. The molecule has 0 aliphatic carbocycles. The predicted octanol–water partition coefficient (Wildman–Crippen LogP) is 3.79. The number of amides is 1. The first-order valence-corrected chi connectivity index (χ1v) is 7.82. The number of fused-ring (bicyclic) bond motifs is 1. The minimum atomic E-state index is -0.0371. The Morgan fingerprint density at radius 2 is 2.05 bits per heavy atom. The molecule has 0 fully saturated rings. The first-order valence-electron chi connectivity index (χ1n) is 7.07. The molecule has 2 aromatic rings. The van der Waals surface area contributed by atoms with E-state index in [0.29, 0.717) is 23.0 Å². The van der Waals surface area contributed by atoms with Crippen molar-refractivity contribution in [2.45, 2.75) is 19.4 Å².